The predicted molar refractivity (Wildman–Crippen MR) is 81.0 cm³/mol. The third-order valence-electron chi connectivity index (χ3n) is 3.28. The molecule has 1 unspecified atom stereocenters. The third-order valence-corrected chi connectivity index (χ3v) is 4.03. The van der Waals surface area contributed by atoms with Gasteiger partial charge in [0.25, 0.3) is 0 Å². The fourth-order valence-electron chi connectivity index (χ4n) is 2.26. The van der Waals surface area contributed by atoms with Crippen LogP contribution in [0.5, 0.6) is 0 Å². The van der Waals surface area contributed by atoms with Gasteiger partial charge in [-0.1, -0.05) is 12.1 Å². The molecule has 0 bridgehead atoms. The van der Waals surface area contributed by atoms with Gasteiger partial charge in [0, 0.05) is 23.0 Å². The lowest BCUT2D eigenvalue weighted by molar-refractivity contribution is 0.770. The van der Waals surface area contributed by atoms with Crippen LogP contribution < -0.4 is 4.90 Å². The number of pyridine rings is 1. The highest BCUT2D eigenvalue weighted by Gasteiger charge is 2.23. The van der Waals surface area contributed by atoms with Crippen LogP contribution in [0.4, 0.5) is 5.69 Å². The van der Waals surface area contributed by atoms with E-state index in [9.17, 15) is 0 Å². The van der Waals surface area contributed by atoms with E-state index in [4.69, 9.17) is 0 Å². The van der Waals surface area contributed by atoms with Gasteiger partial charge in [-0.2, -0.15) is 0 Å². The molecular formula is C15H15N3S. The van der Waals surface area contributed by atoms with Crippen molar-refractivity contribution in [2.24, 2.45) is 4.99 Å². The minimum Gasteiger partial charge on any atom is -0.323 e. The van der Waals surface area contributed by atoms with E-state index in [2.05, 4.69) is 45.4 Å². The largest absolute Gasteiger partial charge is 0.323 e. The molecule has 1 aromatic carbocycles. The maximum atomic E-state index is 4.42. The smallest absolute Gasteiger partial charge is 0.0901 e. The molecule has 1 aliphatic rings. The zero-order valence-corrected chi connectivity index (χ0v) is 11.5. The molecule has 1 aliphatic heterocycles. The Balaban J connectivity index is 1.88. The quantitative estimate of drug-likeness (QED) is 0.800. The Bertz CT molecular complexity index is 566. The van der Waals surface area contributed by atoms with E-state index in [0.29, 0.717) is 6.04 Å². The standard InChI is InChI=1S/C15H15N3S/c1-19-14-4-2-12(3-5-14)15-10-17-11-18(15)13-6-8-16-9-7-13/h2-9,11,15H,10H2,1H3. The molecule has 0 aliphatic carbocycles. The molecule has 0 saturated heterocycles. The second-order valence-electron chi connectivity index (χ2n) is 4.38. The third kappa shape index (κ3) is 2.49. The molecule has 0 fully saturated rings. The molecule has 1 aromatic heterocycles. The van der Waals surface area contributed by atoms with Gasteiger partial charge in [-0.25, -0.2) is 0 Å². The Morgan fingerprint density at radius 3 is 2.53 bits per heavy atom. The summed E-state index contributed by atoms with van der Waals surface area (Å²) in [5, 5.41) is 0. The summed E-state index contributed by atoms with van der Waals surface area (Å²) in [6.45, 7) is 0.806. The molecule has 2 aromatic rings. The fourth-order valence-corrected chi connectivity index (χ4v) is 2.67. The molecule has 2 heterocycles. The highest BCUT2D eigenvalue weighted by atomic mass is 32.2. The number of rotatable bonds is 3. The zero-order chi connectivity index (χ0) is 13.1. The Labute approximate surface area is 117 Å². The first kappa shape index (κ1) is 12.2. The highest BCUT2D eigenvalue weighted by Crippen LogP contribution is 2.30. The Morgan fingerprint density at radius 1 is 1.11 bits per heavy atom. The average Bonchev–Trinajstić information content (AvgIpc) is 2.98. The topological polar surface area (TPSA) is 28.5 Å². The number of hydrogen-bond donors (Lipinski definition) is 0. The maximum Gasteiger partial charge on any atom is 0.0901 e. The van der Waals surface area contributed by atoms with Gasteiger partial charge in [0.05, 0.1) is 18.9 Å². The summed E-state index contributed by atoms with van der Waals surface area (Å²) < 4.78 is 0. The summed E-state index contributed by atoms with van der Waals surface area (Å²) in [7, 11) is 0. The van der Waals surface area contributed by atoms with Crippen LogP contribution in [0, 0.1) is 0 Å². The summed E-state index contributed by atoms with van der Waals surface area (Å²) >= 11 is 1.76. The van der Waals surface area contributed by atoms with Crippen molar-refractivity contribution in [2.45, 2.75) is 10.9 Å². The van der Waals surface area contributed by atoms with E-state index < -0.39 is 0 Å². The highest BCUT2D eigenvalue weighted by molar-refractivity contribution is 7.98. The maximum absolute atomic E-state index is 4.42. The van der Waals surface area contributed by atoms with Crippen LogP contribution in [0.2, 0.25) is 0 Å². The van der Waals surface area contributed by atoms with Gasteiger partial charge in [-0.3, -0.25) is 9.98 Å². The molecule has 19 heavy (non-hydrogen) atoms. The van der Waals surface area contributed by atoms with E-state index in [1.165, 1.54) is 10.5 Å². The summed E-state index contributed by atoms with van der Waals surface area (Å²) in [5.41, 5.74) is 2.43. The molecule has 3 rings (SSSR count). The van der Waals surface area contributed by atoms with E-state index in [1.807, 2.05) is 30.9 Å². The lowest BCUT2D eigenvalue weighted by atomic mass is 10.1. The normalized spacial score (nSPS) is 17.9. The van der Waals surface area contributed by atoms with Crippen molar-refractivity contribution in [1.29, 1.82) is 0 Å². The molecule has 3 nitrogen and oxygen atoms in total. The van der Waals surface area contributed by atoms with Crippen LogP contribution in [0.3, 0.4) is 0 Å². The Hall–Kier alpha value is -1.81. The summed E-state index contributed by atoms with van der Waals surface area (Å²) in [6, 6.07) is 13.0. The predicted octanol–water partition coefficient (Wildman–Crippen LogP) is 3.39. The first-order valence-electron chi connectivity index (χ1n) is 6.21. The van der Waals surface area contributed by atoms with Crippen molar-refractivity contribution in [3.63, 3.8) is 0 Å². The molecule has 0 saturated carbocycles. The van der Waals surface area contributed by atoms with E-state index in [1.54, 1.807) is 11.8 Å². The number of thioether (sulfide) groups is 1. The van der Waals surface area contributed by atoms with Gasteiger partial charge in [0.2, 0.25) is 0 Å². The molecule has 0 spiro atoms. The number of aromatic nitrogens is 1. The Morgan fingerprint density at radius 2 is 1.84 bits per heavy atom. The fraction of sp³-hybridized carbons (Fsp3) is 0.200. The lowest BCUT2D eigenvalue weighted by Gasteiger charge is -2.24. The summed E-state index contributed by atoms with van der Waals surface area (Å²) in [6.07, 6.45) is 7.64. The van der Waals surface area contributed by atoms with E-state index >= 15 is 0 Å². The molecule has 0 N–H and O–H groups in total. The van der Waals surface area contributed by atoms with Gasteiger partial charge >= 0.3 is 0 Å². The average molecular weight is 269 g/mol. The van der Waals surface area contributed by atoms with Crippen molar-refractivity contribution in [2.75, 3.05) is 17.7 Å². The second kappa shape index (κ2) is 5.45. The number of anilines is 1. The van der Waals surface area contributed by atoms with Crippen LogP contribution in [-0.4, -0.2) is 24.1 Å². The monoisotopic (exact) mass is 269 g/mol. The molecule has 96 valence electrons. The summed E-state index contributed by atoms with van der Waals surface area (Å²) in [5.74, 6) is 0. The Kier molecular flexibility index (Phi) is 3.51. The summed E-state index contributed by atoms with van der Waals surface area (Å²) in [4.78, 5) is 12.0. The number of aliphatic imine (C=N–C) groups is 1. The molecule has 0 radical (unpaired) electrons. The van der Waals surface area contributed by atoms with E-state index in [-0.39, 0.29) is 0 Å². The van der Waals surface area contributed by atoms with Crippen LogP contribution in [0.1, 0.15) is 11.6 Å². The van der Waals surface area contributed by atoms with Crippen molar-refractivity contribution in [1.82, 2.24) is 4.98 Å². The van der Waals surface area contributed by atoms with Crippen molar-refractivity contribution >= 4 is 23.8 Å². The van der Waals surface area contributed by atoms with Gasteiger partial charge in [-0.05, 0) is 36.1 Å². The van der Waals surface area contributed by atoms with Crippen LogP contribution in [0.15, 0.2) is 58.7 Å². The zero-order valence-electron chi connectivity index (χ0n) is 10.7. The first-order chi connectivity index (χ1) is 9.38. The molecule has 0 amide bonds. The van der Waals surface area contributed by atoms with Crippen molar-refractivity contribution in [3.8, 4) is 0 Å². The van der Waals surface area contributed by atoms with Gasteiger partial charge in [-0.15, -0.1) is 11.8 Å². The number of hydrogen-bond acceptors (Lipinski definition) is 4. The van der Waals surface area contributed by atoms with Gasteiger partial charge < -0.3 is 4.90 Å². The minimum atomic E-state index is 0.290. The molecular weight excluding hydrogens is 254 g/mol. The second-order valence-corrected chi connectivity index (χ2v) is 5.26. The van der Waals surface area contributed by atoms with Gasteiger partial charge in [0.1, 0.15) is 0 Å². The lowest BCUT2D eigenvalue weighted by Crippen LogP contribution is -2.23. The minimum absolute atomic E-state index is 0.290. The van der Waals surface area contributed by atoms with E-state index in [0.717, 1.165) is 12.2 Å². The van der Waals surface area contributed by atoms with Crippen molar-refractivity contribution < 1.29 is 0 Å². The van der Waals surface area contributed by atoms with Crippen LogP contribution in [0.25, 0.3) is 0 Å². The van der Waals surface area contributed by atoms with Crippen LogP contribution >= 0.6 is 11.8 Å². The number of nitrogens with zero attached hydrogens (tertiary/aromatic N) is 3. The molecule has 1 atom stereocenters. The van der Waals surface area contributed by atoms with Gasteiger partial charge in [0.15, 0.2) is 0 Å². The first-order valence-corrected chi connectivity index (χ1v) is 7.43. The SMILES string of the molecule is CSc1ccc(C2CN=CN2c2ccncc2)cc1. The van der Waals surface area contributed by atoms with Crippen molar-refractivity contribution in [3.05, 3.63) is 54.4 Å². The number of benzene rings is 1. The molecule has 4 heteroatoms. The van der Waals surface area contributed by atoms with Crippen LogP contribution in [-0.2, 0) is 0 Å².